The molecule has 0 bridgehead atoms. The van der Waals surface area contributed by atoms with Crippen molar-refractivity contribution in [3.05, 3.63) is 47.0 Å². The van der Waals surface area contributed by atoms with Gasteiger partial charge in [0.25, 0.3) is 0 Å². The first-order valence-electron chi connectivity index (χ1n) is 9.45. The molecule has 0 saturated carbocycles. The highest BCUT2D eigenvalue weighted by atomic mass is 32.2. The van der Waals surface area contributed by atoms with Crippen molar-refractivity contribution < 1.29 is 9.69 Å². The Kier molecular flexibility index (Phi) is 6.79. The second-order valence-electron chi connectivity index (χ2n) is 7.02. The van der Waals surface area contributed by atoms with Gasteiger partial charge in [0.1, 0.15) is 6.54 Å². The minimum Gasteiger partial charge on any atom is -0.331 e. The summed E-state index contributed by atoms with van der Waals surface area (Å²) in [4.78, 5) is 29.3. The summed E-state index contributed by atoms with van der Waals surface area (Å²) in [5.74, 6) is 0.241. The Bertz CT molecular complexity index is 752. The van der Waals surface area contributed by atoms with Crippen molar-refractivity contribution in [2.24, 2.45) is 0 Å². The van der Waals surface area contributed by atoms with Crippen molar-refractivity contribution in [3.63, 3.8) is 0 Å². The molecule has 1 amide bonds. The number of rotatable bonds is 6. The van der Waals surface area contributed by atoms with Gasteiger partial charge >= 0.3 is 0 Å². The molecule has 1 N–H and O–H groups in total. The molecule has 1 aliphatic heterocycles. The zero-order valence-electron chi connectivity index (χ0n) is 16.4. The van der Waals surface area contributed by atoms with Crippen LogP contribution in [0.3, 0.4) is 0 Å². The lowest BCUT2D eigenvalue weighted by atomic mass is 10.1. The standard InChI is InChI=1S/C20H27N5OS/c1-15-18(16(2)23-20(22-15)27-3)4-5-19(26)25-12-10-24(11-13-25)14-17-6-8-21-9-7-17/h6-9H,4-5,10-14H2,1-3H3/p+1. The third-order valence-electron chi connectivity index (χ3n) is 5.20. The summed E-state index contributed by atoms with van der Waals surface area (Å²) >= 11 is 1.55. The highest BCUT2D eigenvalue weighted by Gasteiger charge is 2.24. The second kappa shape index (κ2) is 9.28. The average molecular weight is 387 g/mol. The van der Waals surface area contributed by atoms with Crippen LogP contribution in [0, 0.1) is 13.8 Å². The highest BCUT2D eigenvalue weighted by molar-refractivity contribution is 7.98. The van der Waals surface area contributed by atoms with Crippen LogP contribution in [-0.4, -0.2) is 58.2 Å². The predicted molar refractivity (Wildman–Crippen MR) is 107 cm³/mol. The average Bonchev–Trinajstić information content (AvgIpc) is 2.68. The van der Waals surface area contributed by atoms with E-state index in [1.807, 2.05) is 37.4 Å². The van der Waals surface area contributed by atoms with Gasteiger partial charge in [0, 0.05) is 35.8 Å². The zero-order valence-corrected chi connectivity index (χ0v) is 17.2. The van der Waals surface area contributed by atoms with E-state index in [4.69, 9.17) is 0 Å². The topological polar surface area (TPSA) is 63.4 Å². The summed E-state index contributed by atoms with van der Waals surface area (Å²) in [7, 11) is 0. The molecule has 1 saturated heterocycles. The molecule has 6 nitrogen and oxygen atoms in total. The van der Waals surface area contributed by atoms with Gasteiger partial charge in [-0.25, -0.2) is 9.97 Å². The third-order valence-corrected chi connectivity index (χ3v) is 5.75. The number of piperazine rings is 1. The van der Waals surface area contributed by atoms with Crippen LogP contribution in [0.5, 0.6) is 0 Å². The minimum atomic E-state index is 0.241. The number of quaternary nitrogens is 1. The molecule has 7 heteroatoms. The lowest BCUT2D eigenvalue weighted by Gasteiger charge is -2.32. The molecule has 144 valence electrons. The van der Waals surface area contributed by atoms with Crippen molar-refractivity contribution in [1.82, 2.24) is 19.9 Å². The summed E-state index contributed by atoms with van der Waals surface area (Å²) in [5, 5.41) is 0.799. The number of aryl methyl sites for hydroxylation is 2. The molecular formula is C20H28N5OS+. The molecule has 3 heterocycles. The number of pyridine rings is 1. The van der Waals surface area contributed by atoms with E-state index in [2.05, 4.69) is 27.1 Å². The highest BCUT2D eigenvalue weighted by Crippen LogP contribution is 2.17. The van der Waals surface area contributed by atoms with Crippen LogP contribution in [0.2, 0.25) is 0 Å². The Labute approximate surface area is 165 Å². The summed E-state index contributed by atoms with van der Waals surface area (Å²) in [6, 6.07) is 4.14. The zero-order chi connectivity index (χ0) is 19.2. The van der Waals surface area contributed by atoms with Crippen molar-refractivity contribution in [2.75, 3.05) is 32.4 Å². The summed E-state index contributed by atoms with van der Waals surface area (Å²) in [6.45, 7) is 8.68. The quantitative estimate of drug-likeness (QED) is 0.594. The van der Waals surface area contributed by atoms with Gasteiger partial charge in [0.05, 0.1) is 26.2 Å². The first-order valence-corrected chi connectivity index (χ1v) is 10.7. The molecule has 2 aromatic heterocycles. The van der Waals surface area contributed by atoms with Crippen molar-refractivity contribution in [1.29, 1.82) is 0 Å². The molecule has 0 aromatic carbocycles. The van der Waals surface area contributed by atoms with E-state index in [0.29, 0.717) is 6.42 Å². The molecule has 1 aliphatic rings. The van der Waals surface area contributed by atoms with Gasteiger partial charge in [-0.2, -0.15) is 0 Å². The predicted octanol–water partition coefficient (Wildman–Crippen LogP) is 1.07. The monoisotopic (exact) mass is 386 g/mol. The van der Waals surface area contributed by atoms with Gasteiger partial charge in [-0.15, -0.1) is 0 Å². The van der Waals surface area contributed by atoms with Crippen LogP contribution < -0.4 is 4.90 Å². The molecule has 1 fully saturated rings. The first-order chi connectivity index (χ1) is 13.1. The fourth-order valence-electron chi connectivity index (χ4n) is 3.59. The summed E-state index contributed by atoms with van der Waals surface area (Å²) in [6.07, 6.45) is 6.91. The molecule has 27 heavy (non-hydrogen) atoms. The Balaban J connectivity index is 1.49. The maximum absolute atomic E-state index is 12.6. The van der Waals surface area contributed by atoms with Gasteiger partial charge in [0.15, 0.2) is 5.16 Å². The summed E-state index contributed by atoms with van der Waals surface area (Å²) < 4.78 is 0. The van der Waals surface area contributed by atoms with E-state index in [1.165, 1.54) is 10.5 Å². The van der Waals surface area contributed by atoms with Gasteiger partial charge in [0.2, 0.25) is 5.91 Å². The number of carbonyl (C=O) groups is 1. The Morgan fingerprint density at radius 2 is 1.78 bits per heavy atom. The minimum absolute atomic E-state index is 0.241. The van der Waals surface area contributed by atoms with Crippen LogP contribution in [0.4, 0.5) is 0 Å². The van der Waals surface area contributed by atoms with Crippen molar-refractivity contribution in [3.8, 4) is 0 Å². The fraction of sp³-hybridized carbons (Fsp3) is 0.500. The molecule has 3 rings (SSSR count). The maximum atomic E-state index is 12.6. The van der Waals surface area contributed by atoms with Crippen molar-refractivity contribution >= 4 is 17.7 Å². The van der Waals surface area contributed by atoms with Gasteiger partial charge < -0.3 is 9.80 Å². The second-order valence-corrected chi connectivity index (χ2v) is 7.80. The van der Waals surface area contributed by atoms with Crippen molar-refractivity contribution in [2.45, 2.75) is 38.4 Å². The van der Waals surface area contributed by atoms with E-state index in [-0.39, 0.29) is 5.91 Å². The number of thioether (sulfide) groups is 1. The third kappa shape index (κ3) is 5.26. The SMILES string of the molecule is CSc1nc(C)c(CCC(=O)N2CC[NH+](Cc3ccncc3)CC2)c(C)n1. The van der Waals surface area contributed by atoms with E-state index in [9.17, 15) is 4.79 Å². The van der Waals surface area contributed by atoms with Crippen LogP contribution in [0.15, 0.2) is 29.7 Å². The number of aromatic nitrogens is 3. The number of carbonyl (C=O) groups excluding carboxylic acids is 1. The molecule has 2 aromatic rings. The largest absolute Gasteiger partial charge is 0.331 e. The number of nitrogens with one attached hydrogen (secondary N) is 1. The molecule has 0 atom stereocenters. The molecule has 0 unspecified atom stereocenters. The Morgan fingerprint density at radius 1 is 1.15 bits per heavy atom. The number of amides is 1. The van der Waals surface area contributed by atoms with Gasteiger partial charge in [-0.3, -0.25) is 9.78 Å². The van der Waals surface area contributed by atoms with Crippen LogP contribution in [0.1, 0.15) is 28.9 Å². The number of hydrogen-bond acceptors (Lipinski definition) is 5. The lowest BCUT2D eigenvalue weighted by Crippen LogP contribution is -3.13. The van der Waals surface area contributed by atoms with Gasteiger partial charge in [-0.1, -0.05) is 11.8 Å². The number of nitrogens with zero attached hydrogens (tertiary/aromatic N) is 4. The van der Waals surface area contributed by atoms with Gasteiger partial charge in [-0.05, 0) is 44.2 Å². The van der Waals surface area contributed by atoms with E-state index in [1.54, 1.807) is 11.8 Å². The number of hydrogen-bond donors (Lipinski definition) is 1. The van der Waals surface area contributed by atoms with Crippen LogP contribution >= 0.6 is 11.8 Å². The molecular weight excluding hydrogens is 358 g/mol. The normalized spacial score (nSPS) is 15.1. The van der Waals surface area contributed by atoms with E-state index in [0.717, 1.165) is 61.3 Å². The Hall–Kier alpha value is -1.99. The smallest absolute Gasteiger partial charge is 0.223 e. The summed E-state index contributed by atoms with van der Waals surface area (Å²) in [5.41, 5.74) is 4.40. The molecule has 0 spiro atoms. The molecule has 0 aliphatic carbocycles. The van der Waals surface area contributed by atoms with E-state index >= 15 is 0 Å². The van der Waals surface area contributed by atoms with E-state index < -0.39 is 0 Å². The Morgan fingerprint density at radius 3 is 2.37 bits per heavy atom. The maximum Gasteiger partial charge on any atom is 0.223 e. The van der Waals surface area contributed by atoms with Crippen LogP contribution in [-0.2, 0) is 17.8 Å². The van der Waals surface area contributed by atoms with Crippen LogP contribution in [0.25, 0.3) is 0 Å². The first kappa shape index (κ1) is 19.8. The molecule has 0 radical (unpaired) electrons. The fourth-order valence-corrected chi connectivity index (χ4v) is 4.05. The lowest BCUT2D eigenvalue weighted by molar-refractivity contribution is -0.917.